The fraction of sp³-hybridized carbons (Fsp3) is 0.611. The third kappa shape index (κ3) is 6.38. The molecular weight excluding hydrogens is 265 g/mol. The van der Waals surface area contributed by atoms with Crippen molar-refractivity contribution in [1.82, 2.24) is 4.90 Å². The summed E-state index contributed by atoms with van der Waals surface area (Å²) in [7, 11) is 0. The third-order valence-electron chi connectivity index (χ3n) is 3.80. The van der Waals surface area contributed by atoms with E-state index in [2.05, 4.69) is 18.7 Å². The second kappa shape index (κ2) is 9.67. The van der Waals surface area contributed by atoms with Gasteiger partial charge in [-0.2, -0.15) is 0 Å². The SMILES string of the molecule is CCCCN(CCCC)CCC(=O)c1ccc(C)c(F)c1. The van der Waals surface area contributed by atoms with Gasteiger partial charge in [0, 0.05) is 18.5 Å². The highest BCUT2D eigenvalue weighted by Gasteiger charge is 2.11. The van der Waals surface area contributed by atoms with Crippen LogP contribution in [-0.2, 0) is 0 Å². The summed E-state index contributed by atoms with van der Waals surface area (Å²) in [5.41, 5.74) is 1.07. The van der Waals surface area contributed by atoms with E-state index in [1.807, 2.05) is 0 Å². The fourth-order valence-corrected chi connectivity index (χ4v) is 2.27. The van der Waals surface area contributed by atoms with E-state index in [0.717, 1.165) is 32.5 Å². The number of aryl methyl sites for hydroxylation is 1. The highest BCUT2D eigenvalue weighted by atomic mass is 19.1. The van der Waals surface area contributed by atoms with Crippen molar-refractivity contribution in [2.45, 2.75) is 52.9 Å². The van der Waals surface area contributed by atoms with Gasteiger partial charge in [-0.15, -0.1) is 0 Å². The van der Waals surface area contributed by atoms with E-state index < -0.39 is 0 Å². The van der Waals surface area contributed by atoms with Gasteiger partial charge in [-0.1, -0.05) is 38.8 Å². The predicted octanol–water partition coefficient (Wildman–Crippen LogP) is 4.61. The van der Waals surface area contributed by atoms with Crippen molar-refractivity contribution in [2.75, 3.05) is 19.6 Å². The molecule has 1 aromatic carbocycles. The number of hydrogen-bond acceptors (Lipinski definition) is 2. The first-order valence-electron chi connectivity index (χ1n) is 8.10. The minimum absolute atomic E-state index is 0.0342. The lowest BCUT2D eigenvalue weighted by Gasteiger charge is -2.21. The zero-order valence-corrected chi connectivity index (χ0v) is 13.6. The van der Waals surface area contributed by atoms with Gasteiger partial charge in [0.25, 0.3) is 0 Å². The number of carbonyl (C=O) groups is 1. The first kappa shape index (κ1) is 17.8. The van der Waals surface area contributed by atoms with Crippen LogP contribution in [0, 0.1) is 12.7 Å². The van der Waals surface area contributed by atoms with Gasteiger partial charge in [0.15, 0.2) is 5.78 Å². The molecule has 0 spiro atoms. The molecule has 0 N–H and O–H groups in total. The Morgan fingerprint density at radius 1 is 1.10 bits per heavy atom. The van der Waals surface area contributed by atoms with Crippen molar-refractivity contribution in [1.29, 1.82) is 0 Å². The van der Waals surface area contributed by atoms with Crippen LogP contribution in [0.4, 0.5) is 4.39 Å². The highest BCUT2D eigenvalue weighted by Crippen LogP contribution is 2.12. The minimum atomic E-state index is -0.297. The van der Waals surface area contributed by atoms with Gasteiger partial charge in [-0.25, -0.2) is 4.39 Å². The predicted molar refractivity (Wildman–Crippen MR) is 86.3 cm³/mol. The molecule has 0 amide bonds. The van der Waals surface area contributed by atoms with Crippen LogP contribution in [0.5, 0.6) is 0 Å². The molecule has 0 aliphatic heterocycles. The highest BCUT2D eigenvalue weighted by molar-refractivity contribution is 5.96. The quantitative estimate of drug-likeness (QED) is 0.587. The molecule has 0 fully saturated rings. The molecule has 0 bridgehead atoms. The average Bonchev–Trinajstić information content (AvgIpc) is 2.49. The van der Waals surface area contributed by atoms with Gasteiger partial charge < -0.3 is 4.90 Å². The maximum absolute atomic E-state index is 13.5. The van der Waals surface area contributed by atoms with E-state index in [0.29, 0.717) is 17.5 Å². The van der Waals surface area contributed by atoms with Gasteiger partial charge in [-0.05, 0) is 44.5 Å². The van der Waals surface area contributed by atoms with Crippen LogP contribution in [-0.4, -0.2) is 30.3 Å². The summed E-state index contributed by atoms with van der Waals surface area (Å²) in [6, 6.07) is 4.76. The van der Waals surface area contributed by atoms with Gasteiger partial charge in [-0.3, -0.25) is 4.79 Å². The Kier molecular flexibility index (Phi) is 8.21. The number of rotatable bonds is 10. The largest absolute Gasteiger partial charge is 0.303 e. The normalized spacial score (nSPS) is 11.1. The van der Waals surface area contributed by atoms with Crippen molar-refractivity contribution in [3.63, 3.8) is 0 Å². The Labute approximate surface area is 128 Å². The second-order valence-corrected chi connectivity index (χ2v) is 5.69. The smallest absolute Gasteiger partial charge is 0.164 e. The lowest BCUT2D eigenvalue weighted by molar-refractivity contribution is 0.0963. The zero-order chi connectivity index (χ0) is 15.7. The number of Topliss-reactive ketones (excluding diaryl/α,β-unsaturated/α-hetero) is 1. The molecule has 0 saturated heterocycles. The maximum atomic E-state index is 13.5. The fourth-order valence-electron chi connectivity index (χ4n) is 2.27. The summed E-state index contributed by atoms with van der Waals surface area (Å²) in [5.74, 6) is -0.262. The van der Waals surface area contributed by atoms with Crippen LogP contribution in [0.3, 0.4) is 0 Å². The molecule has 0 aliphatic carbocycles. The number of ketones is 1. The Balaban J connectivity index is 2.52. The molecule has 2 nitrogen and oxygen atoms in total. The summed E-state index contributed by atoms with van der Waals surface area (Å²) < 4.78 is 13.5. The monoisotopic (exact) mass is 293 g/mol. The van der Waals surface area contributed by atoms with Crippen molar-refractivity contribution >= 4 is 5.78 Å². The zero-order valence-electron chi connectivity index (χ0n) is 13.6. The van der Waals surface area contributed by atoms with Crippen LogP contribution >= 0.6 is 0 Å². The van der Waals surface area contributed by atoms with Crippen LogP contribution in [0.1, 0.15) is 61.9 Å². The molecule has 0 aromatic heterocycles. The lowest BCUT2D eigenvalue weighted by Crippen LogP contribution is -2.28. The first-order chi connectivity index (χ1) is 10.1. The summed E-state index contributed by atoms with van der Waals surface area (Å²) in [5, 5.41) is 0. The van der Waals surface area contributed by atoms with Gasteiger partial charge in [0.1, 0.15) is 5.82 Å². The number of hydrogen-bond donors (Lipinski definition) is 0. The molecule has 1 aromatic rings. The lowest BCUT2D eigenvalue weighted by atomic mass is 10.1. The number of benzene rings is 1. The summed E-state index contributed by atoms with van der Waals surface area (Å²) in [6.07, 6.45) is 5.13. The van der Waals surface area contributed by atoms with E-state index in [1.54, 1.807) is 19.1 Å². The number of carbonyl (C=O) groups excluding carboxylic acids is 1. The minimum Gasteiger partial charge on any atom is -0.303 e. The summed E-state index contributed by atoms with van der Waals surface area (Å²) >= 11 is 0. The molecular formula is C18H28FNO. The molecule has 0 aliphatic rings. The Morgan fingerprint density at radius 3 is 2.24 bits per heavy atom. The van der Waals surface area contributed by atoms with Crippen LogP contribution in [0.2, 0.25) is 0 Å². The van der Waals surface area contributed by atoms with Crippen molar-refractivity contribution in [2.24, 2.45) is 0 Å². The van der Waals surface area contributed by atoms with E-state index in [-0.39, 0.29) is 11.6 Å². The molecule has 3 heteroatoms. The van der Waals surface area contributed by atoms with Crippen molar-refractivity contribution < 1.29 is 9.18 Å². The maximum Gasteiger partial charge on any atom is 0.164 e. The summed E-state index contributed by atoms with van der Waals surface area (Å²) in [6.45, 7) is 8.93. The van der Waals surface area contributed by atoms with E-state index in [9.17, 15) is 9.18 Å². The standard InChI is InChI=1S/C18H28FNO/c1-4-6-11-20(12-7-5-2)13-10-18(21)16-9-8-15(3)17(19)14-16/h8-9,14H,4-7,10-13H2,1-3H3. The number of unbranched alkanes of at least 4 members (excludes halogenated alkanes) is 2. The third-order valence-corrected chi connectivity index (χ3v) is 3.80. The van der Waals surface area contributed by atoms with Gasteiger partial charge in [0.05, 0.1) is 0 Å². The van der Waals surface area contributed by atoms with Gasteiger partial charge >= 0.3 is 0 Å². The Hall–Kier alpha value is -1.22. The first-order valence-corrected chi connectivity index (χ1v) is 8.10. The summed E-state index contributed by atoms with van der Waals surface area (Å²) in [4.78, 5) is 14.5. The molecule has 0 radical (unpaired) electrons. The molecule has 0 heterocycles. The van der Waals surface area contributed by atoms with Crippen molar-refractivity contribution in [3.05, 3.63) is 35.1 Å². The van der Waals surface area contributed by atoms with E-state index >= 15 is 0 Å². The number of halogens is 1. The van der Waals surface area contributed by atoms with E-state index in [1.165, 1.54) is 18.9 Å². The molecule has 0 saturated carbocycles. The van der Waals surface area contributed by atoms with Crippen LogP contribution in [0.15, 0.2) is 18.2 Å². The Morgan fingerprint density at radius 2 is 1.71 bits per heavy atom. The second-order valence-electron chi connectivity index (χ2n) is 5.69. The number of nitrogens with zero attached hydrogens (tertiary/aromatic N) is 1. The molecule has 21 heavy (non-hydrogen) atoms. The molecule has 1 rings (SSSR count). The Bertz CT molecular complexity index is 437. The van der Waals surface area contributed by atoms with Crippen LogP contribution in [0.25, 0.3) is 0 Å². The molecule has 118 valence electrons. The van der Waals surface area contributed by atoms with Crippen molar-refractivity contribution in [3.8, 4) is 0 Å². The molecule has 0 unspecified atom stereocenters. The topological polar surface area (TPSA) is 20.3 Å². The molecule has 0 atom stereocenters. The van der Waals surface area contributed by atoms with Gasteiger partial charge in [0.2, 0.25) is 0 Å². The van der Waals surface area contributed by atoms with E-state index in [4.69, 9.17) is 0 Å². The average molecular weight is 293 g/mol. The van der Waals surface area contributed by atoms with Crippen LogP contribution < -0.4 is 0 Å².